The van der Waals surface area contributed by atoms with Crippen LogP contribution in [0.2, 0.25) is 0 Å². The van der Waals surface area contributed by atoms with E-state index < -0.39 is 6.04 Å². The summed E-state index contributed by atoms with van der Waals surface area (Å²) in [7, 11) is 4.04. The van der Waals surface area contributed by atoms with Gasteiger partial charge in [0, 0.05) is 6.54 Å². The van der Waals surface area contributed by atoms with Crippen LogP contribution in [0.3, 0.4) is 0 Å². The maximum Gasteiger partial charge on any atom is 0.290 e. The van der Waals surface area contributed by atoms with E-state index in [4.69, 9.17) is 4.42 Å². The van der Waals surface area contributed by atoms with E-state index in [0.717, 1.165) is 29.7 Å². The van der Waals surface area contributed by atoms with Gasteiger partial charge in [-0.3, -0.25) is 9.59 Å². The first-order valence-corrected chi connectivity index (χ1v) is 11.6. The molecule has 33 heavy (non-hydrogen) atoms. The second-order valence-corrected chi connectivity index (χ2v) is 10.5. The zero-order chi connectivity index (χ0) is 24.1. The maximum atomic E-state index is 13.7. The molecular formula is C28H34N2O3. The number of rotatable bonds is 5. The number of carbonyl (C=O) groups is 1. The molecule has 0 unspecified atom stereocenters. The van der Waals surface area contributed by atoms with Crippen molar-refractivity contribution in [3.05, 3.63) is 80.2 Å². The highest BCUT2D eigenvalue weighted by Crippen LogP contribution is 2.39. The van der Waals surface area contributed by atoms with Gasteiger partial charge in [0.1, 0.15) is 5.58 Å². The summed E-state index contributed by atoms with van der Waals surface area (Å²) in [4.78, 5) is 31.1. The molecule has 0 N–H and O–H groups in total. The Bertz CT molecular complexity index is 1260. The minimum atomic E-state index is -0.439. The summed E-state index contributed by atoms with van der Waals surface area (Å²) in [6, 6.07) is 11.6. The minimum absolute atomic E-state index is 0.0257. The van der Waals surface area contributed by atoms with Gasteiger partial charge in [-0.2, -0.15) is 0 Å². The van der Waals surface area contributed by atoms with Crippen LogP contribution in [-0.2, 0) is 5.41 Å². The predicted molar refractivity (Wildman–Crippen MR) is 133 cm³/mol. The minimum Gasteiger partial charge on any atom is -0.450 e. The molecular weight excluding hydrogens is 412 g/mol. The Hall–Kier alpha value is -2.92. The number of carbonyl (C=O) groups excluding carboxylic acids is 1. The SMILES string of the molecule is Cc1cc2oc3c(c(=O)c2cc1C)[C@@H](c1ccc(C(C)(C)C)cc1)N(CCCN(C)C)C3=O. The first kappa shape index (κ1) is 23.2. The van der Waals surface area contributed by atoms with Crippen LogP contribution in [0.1, 0.15) is 71.6 Å². The highest BCUT2D eigenvalue weighted by molar-refractivity contribution is 5.99. The maximum absolute atomic E-state index is 13.7. The Morgan fingerprint density at radius 2 is 1.64 bits per heavy atom. The average molecular weight is 447 g/mol. The number of benzene rings is 2. The largest absolute Gasteiger partial charge is 0.450 e. The monoisotopic (exact) mass is 446 g/mol. The number of aryl methyl sites for hydroxylation is 2. The standard InChI is InChI=1S/C28H34N2O3/c1-17-15-21-22(16-18(17)2)33-26-23(25(21)31)24(30(27(26)32)14-8-13-29(6)7)19-9-11-20(12-10-19)28(3,4)5/h9-12,15-16,24H,8,13-14H2,1-7H3/t24-/m1/s1. The van der Waals surface area contributed by atoms with Crippen molar-refractivity contribution in [1.82, 2.24) is 9.80 Å². The van der Waals surface area contributed by atoms with Crippen molar-refractivity contribution in [2.45, 2.75) is 52.5 Å². The van der Waals surface area contributed by atoms with E-state index in [9.17, 15) is 9.59 Å². The zero-order valence-corrected chi connectivity index (χ0v) is 20.8. The molecule has 0 fully saturated rings. The van der Waals surface area contributed by atoms with Crippen LogP contribution in [0.25, 0.3) is 11.0 Å². The second kappa shape index (κ2) is 8.45. The molecule has 5 nitrogen and oxygen atoms in total. The van der Waals surface area contributed by atoms with Crippen molar-refractivity contribution < 1.29 is 9.21 Å². The fourth-order valence-electron chi connectivity index (χ4n) is 4.58. The lowest BCUT2D eigenvalue weighted by Gasteiger charge is -2.27. The highest BCUT2D eigenvalue weighted by Gasteiger charge is 2.42. The van der Waals surface area contributed by atoms with E-state index in [1.165, 1.54) is 5.56 Å². The molecule has 0 bridgehead atoms. The second-order valence-electron chi connectivity index (χ2n) is 10.5. The van der Waals surface area contributed by atoms with E-state index in [2.05, 4.69) is 49.9 Å². The van der Waals surface area contributed by atoms with E-state index in [0.29, 0.717) is 23.1 Å². The highest BCUT2D eigenvalue weighted by atomic mass is 16.3. The Morgan fingerprint density at radius 1 is 1.00 bits per heavy atom. The van der Waals surface area contributed by atoms with E-state index >= 15 is 0 Å². The Balaban J connectivity index is 1.88. The number of nitrogens with zero attached hydrogens (tertiary/aromatic N) is 2. The van der Waals surface area contributed by atoms with Crippen LogP contribution in [-0.4, -0.2) is 42.9 Å². The van der Waals surface area contributed by atoms with Crippen molar-refractivity contribution in [3.8, 4) is 0 Å². The molecule has 0 aliphatic carbocycles. The molecule has 3 aromatic rings. The van der Waals surface area contributed by atoms with Gasteiger partial charge in [-0.25, -0.2) is 0 Å². The molecule has 0 radical (unpaired) electrons. The first-order valence-electron chi connectivity index (χ1n) is 11.6. The Labute approximate surface area is 196 Å². The van der Waals surface area contributed by atoms with Gasteiger partial charge in [-0.05, 0) is 80.7 Å². The molecule has 5 heteroatoms. The fraction of sp³-hybridized carbons (Fsp3) is 0.429. The van der Waals surface area contributed by atoms with Crippen LogP contribution in [0.15, 0.2) is 45.6 Å². The van der Waals surface area contributed by atoms with Crippen molar-refractivity contribution >= 4 is 16.9 Å². The zero-order valence-electron chi connectivity index (χ0n) is 20.8. The van der Waals surface area contributed by atoms with Crippen molar-refractivity contribution in [3.63, 3.8) is 0 Å². The van der Waals surface area contributed by atoms with Crippen LogP contribution in [0, 0.1) is 13.8 Å². The normalized spacial score (nSPS) is 16.2. The fourth-order valence-corrected chi connectivity index (χ4v) is 4.58. The third-order valence-electron chi connectivity index (χ3n) is 6.68. The Morgan fingerprint density at radius 3 is 2.24 bits per heavy atom. The van der Waals surface area contributed by atoms with Crippen molar-refractivity contribution in [1.29, 1.82) is 0 Å². The molecule has 0 spiro atoms. The quantitative estimate of drug-likeness (QED) is 0.540. The van der Waals surface area contributed by atoms with Gasteiger partial charge in [0.25, 0.3) is 5.91 Å². The van der Waals surface area contributed by atoms with Crippen LogP contribution in [0.5, 0.6) is 0 Å². The lowest BCUT2D eigenvalue weighted by molar-refractivity contribution is 0.0722. The summed E-state index contributed by atoms with van der Waals surface area (Å²) in [5.41, 5.74) is 5.08. The van der Waals surface area contributed by atoms with Crippen molar-refractivity contribution in [2.24, 2.45) is 0 Å². The molecule has 0 saturated carbocycles. The van der Waals surface area contributed by atoms with Gasteiger partial charge >= 0.3 is 0 Å². The van der Waals surface area contributed by atoms with Gasteiger partial charge in [-0.15, -0.1) is 0 Å². The molecule has 0 saturated heterocycles. The van der Waals surface area contributed by atoms with Gasteiger partial charge in [-0.1, -0.05) is 45.0 Å². The third-order valence-corrected chi connectivity index (χ3v) is 6.68. The molecule has 2 aromatic carbocycles. The number of hydrogen-bond donors (Lipinski definition) is 0. The topological polar surface area (TPSA) is 53.8 Å². The molecule has 2 heterocycles. The van der Waals surface area contributed by atoms with E-state index in [1.807, 2.05) is 45.0 Å². The molecule has 174 valence electrons. The summed E-state index contributed by atoms with van der Waals surface area (Å²) in [5.74, 6) is -0.0172. The lowest BCUT2D eigenvalue weighted by Crippen LogP contribution is -2.32. The third kappa shape index (κ3) is 4.22. The molecule has 1 aliphatic rings. The average Bonchev–Trinajstić information content (AvgIpc) is 3.01. The first-order chi connectivity index (χ1) is 15.5. The number of amides is 1. The van der Waals surface area contributed by atoms with Gasteiger partial charge < -0.3 is 14.2 Å². The predicted octanol–water partition coefficient (Wildman–Crippen LogP) is 5.20. The molecule has 4 rings (SSSR count). The van der Waals surface area contributed by atoms with E-state index in [1.54, 1.807) is 0 Å². The lowest BCUT2D eigenvalue weighted by atomic mass is 9.86. The van der Waals surface area contributed by atoms with Crippen molar-refractivity contribution in [2.75, 3.05) is 27.2 Å². The van der Waals surface area contributed by atoms with Gasteiger partial charge in [0.2, 0.25) is 5.76 Å². The molecule has 1 aromatic heterocycles. The van der Waals surface area contributed by atoms with Crippen LogP contribution < -0.4 is 5.43 Å². The summed E-state index contributed by atoms with van der Waals surface area (Å²) >= 11 is 0. The summed E-state index contributed by atoms with van der Waals surface area (Å²) in [6.07, 6.45) is 0.815. The van der Waals surface area contributed by atoms with Gasteiger partial charge in [0.05, 0.1) is 17.0 Å². The molecule has 1 amide bonds. The van der Waals surface area contributed by atoms with Gasteiger partial charge in [0.15, 0.2) is 5.43 Å². The smallest absolute Gasteiger partial charge is 0.290 e. The number of fused-ring (bicyclic) bond motifs is 2. The number of hydrogen-bond acceptors (Lipinski definition) is 4. The molecule has 1 aliphatic heterocycles. The van der Waals surface area contributed by atoms with Crippen LogP contribution >= 0.6 is 0 Å². The summed E-state index contributed by atoms with van der Waals surface area (Å²) < 4.78 is 6.12. The summed E-state index contributed by atoms with van der Waals surface area (Å²) in [5, 5.41) is 0.538. The summed E-state index contributed by atoms with van der Waals surface area (Å²) in [6.45, 7) is 11.9. The van der Waals surface area contributed by atoms with Crippen LogP contribution in [0.4, 0.5) is 0 Å². The Kier molecular flexibility index (Phi) is 5.95. The van der Waals surface area contributed by atoms with E-state index in [-0.39, 0.29) is 22.5 Å². The molecule has 1 atom stereocenters.